The number of aromatic nitrogens is 1. The van der Waals surface area contributed by atoms with E-state index in [1.807, 2.05) is 26.1 Å². The molecule has 0 radical (unpaired) electrons. The maximum absolute atomic E-state index is 5.73. The quantitative estimate of drug-likeness (QED) is 0.627. The molecule has 1 unspecified atom stereocenters. The van der Waals surface area contributed by atoms with Crippen LogP contribution in [0.5, 0.6) is 5.75 Å². The van der Waals surface area contributed by atoms with Gasteiger partial charge in [0.2, 0.25) is 0 Å². The first-order chi connectivity index (χ1) is 9.20. The first-order valence-corrected chi connectivity index (χ1v) is 6.86. The third-order valence-electron chi connectivity index (χ3n) is 3.38. The predicted octanol–water partition coefficient (Wildman–Crippen LogP) is 1.80. The zero-order chi connectivity index (χ0) is 13.7. The van der Waals surface area contributed by atoms with Gasteiger partial charge in [0.1, 0.15) is 5.75 Å². The van der Waals surface area contributed by atoms with Gasteiger partial charge < -0.3 is 9.47 Å². The molecule has 0 amide bonds. The van der Waals surface area contributed by atoms with Gasteiger partial charge in [-0.1, -0.05) is 0 Å². The molecule has 1 fully saturated rings. The summed E-state index contributed by atoms with van der Waals surface area (Å²) in [4.78, 5) is 4.25. The van der Waals surface area contributed by atoms with Crippen molar-refractivity contribution in [1.82, 2.24) is 10.4 Å². The number of rotatable bonds is 5. The van der Waals surface area contributed by atoms with E-state index in [0.717, 1.165) is 37.4 Å². The van der Waals surface area contributed by atoms with Crippen molar-refractivity contribution in [3.8, 4) is 5.75 Å². The lowest BCUT2D eigenvalue weighted by molar-refractivity contribution is 0.0535. The Morgan fingerprint density at radius 3 is 2.74 bits per heavy atom. The van der Waals surface area contributed by atoms with Gasteiger partial charge in [-0.05, 0) is 44.2 Å². The molecule has 2 rings (SSSR count). The normalized spacial score (nSPS) is 18.5. The van der Waals surface area contributed by atoms with Crippen LogP contribution < -0.4 is 16.0 Å². The van der Waals surface area contributed by atoms with E-state index in [2.05, 4.69) is 10.4 Å². The summed E-state index contributed by atoms with van der Waals surface area (Å²) in [7, 11) is 0. The number of nitrogens with one attached hydrogen (secondary N) is 1. The molecule has 0 saturated carbocycles. The largest absolute Gasteiger partial charge is 0.489 e. The molecule has 1 aromatic heterocycles. The number of hydrazine groups is 1. The molecule has 1 saturated heterocycles. The van der Waals surface area contributed by atoms with E-state index in [1.165, 1.54) is 0 Å². The fourth-order valence-corrected chi connectivity index (χ4v) is 2.50. The van der Waals surface area contributed by atoms with Crippen molar-refractivity contribution in [1.29, 1.82) is 0 Å². The van der Waals surface area contributed by atoms with Crippen molar-refractivity contribution < 1.29 is 9.47 Å². The molecule has 2 heterocycles. The summed E-state index contributed by atoms with van der Waals surface area (Å²) in [5, 5.41) is 0. The van der Waals surface area contributed by atoms with E-state index in [-0.39, 0.29) is 12.1 Å². The van der Waals surface area contributed by atoms with Gasteiger partial charge in [-0.3, -0.25) is 16.3 Å². The fourth-order valence-electron chi connectivity index (χ4n) is 2.50. The average molecular weight is 265 g/mol. The second-order valence-electron chi connectivity index (χ2n) is 5.21. The highest BCUT2D eigenvalue weighted by Crippen LogP contribution is 2.30. The van der Waals surface area contributed by atoms with Crippen LogP contribution in [-0.2, 0) is 4.74 Å². The lowest BCUT2D eigenvalue weighted by Crippen LogP contribution is -2.36. The molecule has 0 aromatic carbocycles. The summed E-state index contributed by atoms with van der Waals surface area (Å²) in [5.41, 5.74) is 3.99. The number of hydrogen-bond acceptors (Lipinski definition) is 5. The van der Waals surface area contributed by atoms with Gasteiger partial charge in [0.05, 0.1) is 18.3 Å². The Balaban J connectivity index is 2.12. The highest BCUT2D eigenvalue weighted by atomic mass is 16.5. The number of nitrogens with two attached hydrogens (primary N) is 1. The van der Waals surface area contributed by atoms with Crippen LogP contribution in [0.15, 0.2) is 18.5 Å². The third-order valence-corrected chi connectivity index (χ3v) is 3.38. The minimum atomic E-state index is 0.104. The Kier molecular flexibility index (Phi) is 5.13. The summed E-state index contributed by atoms with van der Waals surface area (Å²) in [5.74, 6) is 7.00. The molecule has 19 heavy (non-hydrogen) atoms. The molecule has 0 aliphatic carbocycles. The first-order valence-electron chi connectivity index (χ1n) is 6.86. The van der Waals surface area contributed by atoms with Gasteiger partial charge in [0, 0.05) is 19.4 Å². The van der Waals surface area contributed by atoms with E-state index in [1.54, 1.807) is 6.20 Å². The Morgan fingerprint density at radius 2 is 2.11 bits per heavy atom. The van der Waals surface area contributed by atoms with Crippen molar-refractivity contribution in [2.45, 2.75) is 38.8 Å². The van der Waals surface area contributed by atoms with Crippen LogP contribution in [0, 0.1) is 5.92 Å². The first kappa shape index (κ1) is 14.2. The van der Waals surface area contributed by atoms with Gasteiger partial charge in [-0.25, -0.2) is 0 Å². The van der Waals surface area contributed by atoms with Crippen molar-refractivity contribution >= 4 is 0 Å². The van der Waals surface area contributed by atoms with Crippen LogP contribution in [0.3, 0.4) is 0 Å². The van der Waals surface area contributed by atoms with Crippen LogP contribution >= 0.6 is 0 Å². The van der Waals surface area contributed by atoms with Crippen LogP contribution in [-0.4, -0.2) is 24.3 Å². The topological polar surface area (TPSA) is 69.4 Å². The van der Waals surface area contributed by atoms with Gasteiger partial charge in [0.25, 0.3) is 0 Å². The average Bonchev–Trinajstić information content (AvgIpc) is 2.40. The highest BCUT2D eigenvalue weighted by molar-refractivity contribution is 5.26. The molecule has 1 atom stereocenters. The summed E-state index contributed by atoms with van der Waals surface area (Å²) in [6.07, 6.45) is 5.77. The summed E-state index contributed by atoms with van der Waals surface area (Å²) < 4.78 is 11.1. The van der Waals surface area contributed by atoms with Crippen molar-refractivity contribution in [2.75, 3.05) is 13.2 Å². The number of pyridine rings is 1. The molecule has 1 aliphatic heterocycles. The minimum absolute atomic E-state index is 0.104. The maximum atomic E-state index is 5.73. The van der Waals surface area contributed by atoms with Crippen LogP contribution in [0.25, 0.3) is 0 Å². The van der Waals surface area contributed by atoms with Crippen LogP contribution in [0.4, 0.5) is 0 Å². The molecule has 0 bridgehead atoms. The molecular formula is C14H23N3O2. The molecule has 0 spiro atoms. The number of hydrogen-bond donors (Lipinski definition) is 2. The maximum Gasteiger partial charge on any atom is 0.138 e. The molecule has 3 N–H and O–H groups in total. The van der Waals surface area contributed by atoms with E-state index in [4.69, 9.17) is 15.3 Å². The second kappa shape index (κ2) is 6.84. The standard InChI is InChI=1S/C14H23N3O2/c1-10(2)19-13-7-12(8-16-9-13)14(17-15)11-3-5-18-6-4-11/h7-11,14,17H,3-6,15H2,1-2H3. The molecule has 5 nitrogen and oxygen atoms in total. The number of ether oxygens (including phenoxy) is 2. The monoisotopic (exact) mass is 265 g/mol. The molecular weight excluding hydrogens is 242 g/mol. The second-order valence-corrected chi connectivity index (χ2v) is 5.21. The van der Waals surface area contributed by atoms with E-state index in [0.29, 0.717) is 5.92 Å². The third kappa shape index (κ3) is 3.89. The Morgan fingerprint density at radius 1 is 1.37 bits per heavy atom. The van der Waals surface area contributed by atoms with Gasteiger partial charge >= 0.3 is 0 Å². The Hall–Kier alpha value is -1.17. The molecule has 5 heteroatoms. The zero-order valence-electron chi connectivity index (χ0n) is 11.6. The van der Waals surface area contributed by atoms with Gasteiger partial charge in [0.15, 0.2) is 0 Å². The van der Waals surface area contributed by atoms with Crippen LogP contribution in [0.2, 0.25) is 0 Å². The highest BCUT2D eigenvalue weighted by Gasteiger charge is 2.25. The summed E-state index contributed by atoms with van der Waals surface area (Å²) in [6, 6.07) is 2.12. The van der Waals surface area contributed by atoms with Crippen molar-refractivity contribution in [3.05, 3.63) is 24.0 Å². The van der Waals surface area contributed by atoms with Crippen molar-refractivity contribution in [2.24, 2.45) is 11.8 Å². The Bertz CT molecular complexity index is 392. The zero-order valence-corrected chi connectivity index (χ0v) is 11.6. The van der Waals surface area contributed by atoms with E-state index in [9.17, 15) is 0 Å². The SMILES string of the molecule is CC(C)Oc1cncc(C(NN)C2CCOCC2)c1. The minimum Gasteiger partial charge on any atom is -0.489 e. The van der Waals surface area contributed by atoms with E-state index < -0.39 is 0 Å². The van der Waals surface area contributed by atoms with Crippen molar-refractivity contribution in [3.63, 3.8) is 0 Å². The summed E-state index contributed by atoms with van der Waals surface area (Å²) in [6.45, 7) is 5.62. The predicted molar refractivity (Wildman–Crippen MR) is 73.6 cm³/mol. The summed E-state index contributed by atoms with van der Waals surface area (Å²) >= 11 is 0. The Labute approximate surface area is 114 Å². The molecule has 1 aliphatic rings. The molecule has 1 aromatic rings. The van der Waals surface area contributed by atoms with E-state index >= 15 is 0 Å². The lowest BCUT2D eigenvalue weighted by atomic mass is 9.88. The van der Waals surface area contributed by atoms with Gasteiger partial charge in [-0.15, -0.1) is 0 Å². The number of nitrogens with zero attached hydrogens (tertiary/aromatic N) is 1. The smallest absolute Gasteiger partial charge is 0.138 e. The lowest BCUT2D eigenvalue weighted by Gasteiger charge is -2.30. The fraction of sp³-hybridized carbons (Fsp3) is 0.643. The van der Waals surface area contributed by atoms with Gasteiger partial charge in [-0.2, -0.15) is 0 Å². The molecule has 106 valence electrons. The van der Waals surface area contributed by atoms with Crippen LogP contribution in [0.1, 0.15) is 38.3 Å².